The number of hydrogen-bond acceptors (Lipinski definition) is 3. The summed E-state index contributed by atoms with van der Waals surface area (Å²) in [5.74, 6) is 1.90. The Bertz CT molecular complexity index is 752. The normalized spacial score (nSPS) is 17.2. The lowest BCUT2D eigenvalue weighted by Gasteiger charge is -2.29. The molecule has 4 nitrogen and oxygen atoms in total. The Morgan fingerprint density at radius 3 is 2.19 bits per heavy atom. The molecule has 2 atom stereocenters. The average molecular weight is 353 g/mol. The van der Waals surface area contributed by atoms with E-state index in [2.05, 4.69) is 57.3 Å². The number of carbonyl (C=O) groups is 1. The molecular formula is C22H27NO3. The zero-order chi connectivity index (χ0) is 18.7. The molecule has 1 amide bonds. The first-order valence-electron chi connectivity index (χ1n) is 9.24. The van der Waals surface area contributed by atoms with E-state index in [0.717, 1.165) is 5.56 Å². The highest BCUT2D eigenvalue weighted by Crippen LogP contribution is 2.31. The van der Waals surface area contributed by atoms with Crippen LogP contribution in [-0.2, 0) is 4.79 Å². The number of benzene rings is 2. The van der Waals surface area contributed by atoms with Crippen molar-refractivity contribution in [3.8, 4) is 11.5 Å². The Kier molecular flexibility index (Phi) is 5.50. The van der Waals surface area contributed by atoms with Crippen LogP contribution in [0.2, 0.25) is 0 Å². The molecule has 26 heavy (non-hydrogen) atoms. The second-order valence-electron chi connectivity index (χ2n) is 7.42. The van der Waals surface area contributed by atoms with E-state index in [1.54, 1.807) is 0 Å². The quantitative estimate of drug-likeness (QED) is 0.863. The van der Waals surface area contributed by atoms with Crippen LogP contribution in [0, 0.1) is 5.92 Å². The fraction of sp³-hybridized carbons (Fsp3) is 0.409. The van der Waals surface area contributed by atoms with E-state index >= 15 is 0 Å². The van der Waals surface area contributed by atoms with E-state index in [1.807, 2.05) is 24.3 Å². The number of hydrogen-bond donors (Lipinski definition) is 1. The summed E-state index contributed by atoms with van der Waals surface area (Å²) in [6, 6.07) is 15.8. The monoisotopic (exact) mass is 353 g/mol. The fourth-order valence-electron chi connectivity index (χ4n) is 3.12. The van der Waals surface area contributed by atoms with Crippen molar-refractivity contribution < 1.29 is 14.3 Å². The van der Waals surface area contributed by atoms with Gasteiger partial charge in [0.2, 0.25) is 6.10 Å². The van der Waals surface area contributed by atoms with E-state index < -0.39 is 6.10 Å². The topological polar surface area (TPSA) is 47.6 Å². The number of amides is 1. The van der Waals surface area contributed by atoms with Gasteiger partial charge in [-0.2, -0.15) is 0 Å². The molecule has 0 aliphatic carbocycles. The van der Waals surface area contributed by atoms with E-state index in [1.165, 1.54) is 5.56 Å². The van der Waals surface area contributed by atoms with E-state index in [9.17, 15) is 4.79 Å². The minimum Gasteiger partial charge on any atom is -0.485 e. The Morgan fingerprint density at radius 2 is 1.58 bits per heavy atom. The summed E-state index contributed by atoms with van der Waals surface area (Å²) in [4.78, 5) is 12.8. The van der Waals surface area contributed by atoms with Gasteiger partial charge in [-0.05, 0) is 35.1 Å². The van der Waals surface area contributed by atoms with Crippen molar-refractivity contribution in [2.24, 2.45) is 5.92 Å². The summed E-state index contributed by atoms with van der Waals surface area (Å²) in [5.41, 5.74) is 2.40. The molecule has 2 aromatic carbocycles. The lowest BCUT2D eigenvalue weighted by Crippen LogP contribution is -2.46. The molecule has 0 spiro atoms. The van der Waals surface area contributed by atoms with Crippen LogP contribution in [-0.4, -0.2) is 18.6 Å². The number of fused-ring (bicyclic) bond motifs is 1. The Hall–Kier alpha value is -2.49. The summed E-state index contributed by atoms with van der Waals surface area (Å²) >= 11 is 0. The molecule has 138 valence electrons. The third-order valence-electron chi connectivity index (χ3n) is 4.73. The molecule has 0 saturated carbocycles. The van der Waals surface area contributed by atoms with Gasteiger partial charge in [0.25, 0.3) is 5.91 Å². The Labute approximate surface area is 155 Å². The van der Waals surface area contributed by atoms with Gasteiger partial charge in [0, 0.05) is 0 Å². The van der Waals surface area contributed by atoms with Crippen molar-refractivity contribution in [1.29, 1.82) is 0 Å². The molecule has 4 heteroatoms. The Balaban J connectivity index is 1.71. The van der Waals surface area contributed by atoms with Gasteiger partial charge in [-0.3, -0.25) is 4.79 Å². The molecule has 0 unspecified atom stereocenters. The van der Waals surface area contributed by atoms with Crippen LogP contribution < -0.4 is 14.8 Å². The number of para-hydroxylation sites is 2. The van der Waals surface area contributed by atoms with Gasteiger partial charge < -0.3 is 14.8 Å². The second-order valence-corrected chi connectivity index (χ2v) is 7.42. The molecule has 1 N–H and O–H groups in total. The largest absolute Gasteiger partial charge is 0.485 e. The molecule has 3 rings (SSSR count). The van der Waals surface area contributed by atoms with E-state index in [4.69, 9.17) is 9.47 Å². The first-order chi connectivity index (χ1) is 12.5. The number of nitrogens with one attached hydrogen (secondary N) is 1. The lowest BCUT2D eigenvalue weighted by atomic mass is 9.93. The van der Waals surface area contributed by atoms with Gasteiger partial charge in [0.05, 0.1) is 6.04 Å². The van der Waals surface area contributed by atoms with E-state index in [-0.39, 0.29) is 24.5 Å². The molecule has 0 radical (unpaired) electrons. The highest BCUT2D eigenvalue weighted by molar-refractivity contribution is 5.82. The van der Waals surface area contributed by atoms with Crippen LogP contribution in [0.25, 0.3) is 0 Å². The van der Waals surface area contributed by atoms with E-state index in [0.29, 0.717) is 17.4 Å². The Morgan fingerprint density at radius 1 is 0.962 bits per heavy atom. The fourth-order valence-corrected chi connectivity index (χ4v) is 3.12. The number of carbonyl (C=O) groups excluding carboxylic acids is 1. The van der Waals surface area contributed by atoms with Crippen molar-refractivity contribution in [3.05, 3.63) is 59.7 Å². The second kappa shape index (κ2) is 7.81. The predicted octanol–water partition coefficient (Wildman–Crippen LogP) is 4.46. The highest BCUT2D eigenvalue weighted by atomic mass is 16.6. The minimum atomic E-state index is -0.638. The molecule has 2 aromatic rings. The molecule has 0 fully saturated rings. The zero-order valence-corrected chi connectivity index (χ0v) is 15.9. The minimum absolute atomic E-state index is 0.0653. The third-order valence-corrected chi connectivity index (χ3v) is 4.73. The van der Waals surface area contributed by atoms with Crippen LogP contribution in [0.1, 0.15) is 50.8 Å². The van der Waals surface area contributed by atoms with Gasteiger partial charge in [0.15, 0.2) is 11.5 Å². The SMILES string of the molecule is CC(C)c1ccc([C@@H](NC(=O)[C@@H]2COc3ccccc3O2)C(C)C)cc1. The summed E-state index contributed by atoms with van der Waals surface area (Å²) in [6.45, 7) is 8.79. The maximum atomic E-state index is 12.8. The average Bonchev–Trinajstić information content (AvgIpc) is 2.65. The smallest absolute Gasteiger partial charge is 0.265 e. The van der Waals surface area contributed by atoms with Gasteiger partial charge >= 0.3 is 0 Å². The van der Waals surface area contributed by atoms with Gasteiger partial charge in [0.1, 0.15) is 6.61 Å². The molecule has 0 bridgehead atoms. The van der Waals surface area contributed by atoms with Crippen molar-refractivity contribution in [3.63, 3.8) is 0 Å². The van der Waals surface area contributed by atoms with Gasteiger partial charge in [-0.15, -0.1) is 0 Å². The van der Waals surface area contributed by atoms with Crippen LogP contribution >= 0.6 is 0 Å². The maximum Gasteiger partial charge on any atom is 0.265 e. The lowest BCUT2D eigenvalue weighted by molar-refractivity contribution is -0.131. The van der Waals surface area contributed by atoms with Crippen molar-refractivity contribution in [2.75, 3.05) is 6.61 Å². The summed E-state index contributed by atoms with van der Waals surface area (Å²) in [7, 11) is 0. The third kappa shape index (κ3) is 4.01. The molecular weight excluding hydrogens is 326 g/mol. The van der Waals surface area contributed by atoms with Gasteiger partial charge in [-0.25, -0.2) is 0 Å². The summed E-state index contributed by atoms with van der Waals surface area (Å²) in [6.07, 6.45) is -0.638. The predicted molar refractivity (Wildman–Crippen MR) is 103 cm³/mol. The van der Waals surface area contributed by atoms with Crippen LogP contribution in [0.5, 0.6) is 11.5 Å². The molecule has 1 aliphatic heterocycles. The summed E-state index contributed by atoms with van der Waals surface area (Å²) in [5, 5.41) is 3.14. The molecule has 0 aromatic heterocycles. The van der Waals surface area contributed by atoms with Crippen molar-refractivity contribution in [1.82, 2.24) is 5.32 Å². The zero-order valence-electron chi connectivity index (χ0n) is 15.9. The first-order valence-corrected chi connectivity index (χ1v) is 9.24. The molecule has 1 heterocycles. The molecule has 1 aliphatic rings. The number of ether oxygens (including phenoxy) is 2. The number of rotatable bonds is 5. The summed E-state index contributed by atoms with van der Waals surface area (Å²) < 4.78 is 11.5. The van der Waals surface area contributed by atoms with Crippen molar-refractivity contribution >= 4 is 5.91 Å². The van der Waals surface area contributed by atoms with Crippen LogP contribution in [0.4, 0.5) is 0 Å². The van der Waals surface area contributed by atoms with Crippen LogP contribution in [0.3, 0.4) is 0 Å². The van der Waals surface area contributed by atoms with Gasteiger partial charge in [-0.1, -0.05) is 64.1 Å². The highest BCUT2D eigenvalue weighted by Gasteiger charge is 2.30. The van der Waals surface area contributed by atoms with Crippen molar-refractivity contribution in [2.45, 2.75) is 45.8 Å². The van der Waals surface area contributed by atoms with Crippen LogP contribution in [0.15, 0.2) is 48.5 Å². The molecule has 0 saturated heterocycles. The first kappa shape index (κ1) is 18.3. The maximum absolute atomic E-state index is 12.8. The standard InChI is InChI=1S/C22H27NO3/c1-14(2)16-9-11-17(12-10-16)21(15(3)4)23-22(24)20-13-25-18-7-5-6-8-19(18)26-20/h5-12,14-15,20-21H,13H2,1-4H3,(H,23,24)/t20-,21-/m0/s1.